The number of hydrogen-bond acceptors (Lipinski definition) is 3. The molecule has 4 rings (SSSR count). The molecule has 5 heteroatoms. The van der Waals surface area contributed by atoms with Gasteiger partial charge in [0.05, 0.1) is 6.54 Å². The normalized spacial score (nSPS) is 24.4. The Morgan fingerprint density at radius 3 is 2.83 bits per heavy atom. The molecule has 2 aliphatic rings. The zero-order valence-corrected chi connectivity index (χ0v) is 13.6. The number of rotatable bonds is 6. The standard InChI is InChI=1S/C19H22N4O/c24-19(17-11-15-6-7-16(17)10-15)20-12-18-22-21-13-23(18)9-8-14-4-2-1-3-5-14/h1-7,13,15-17H,8-12H2,(H,20,24). The predicted molar refractivity (Wildman–Crippen MR) is 90.9 cm³/mol. The van der Waals surface area contributed by atoms with Crippen LogP contribution in [0.25, 0.3) is 0 Å². The smallest absolute Gasteiger partial charge is 0.224 e. The highest BCUT2D eigenvalue weighted by molar-refractivity contribution is 5.79. The van der Waals surface area contributed by atoms with Crippen molar-refractivity contribution < 1.29 is 4.79 Å². The highest BCUT2D eigenvalue weighted by Crippen LogP contribution is 2.43. The predicted octanol–water partition coefficient (Wildman–Crippen LogP) is 2.35. The Kier molecular flexibility index (Phi) is 4.15. The van der Waals surface area contributed by atoms with Crippen molar-refractivity contribution in [3.05, 3.63) is 60.2 Å². The number of carbonyl (C=O) groups excluding carboxylic acids is 1. The molecule has 3 atom stereocenters. The summed E-state index contributed by atoms with van der Waals surface area (Å²) in [4.78, 5) is 12.4. The highest BCUT2D eigenvalue weighted by atomic mass is 16.1. The van der Waals surface area contributed by atoms with E-state index in [-0.39, 0.29) is 11.8 Å². The van der Waals surface area contributed by atoms with E-state index in [1.54, 1.807) is 6.33 Å². The molecular formula is C19H22N4O. The Morgan fingerprint density at radius 2 is 2.08 bits per heavy atom. The number of aryl methyl sites for hydroxylation is 2. The highest BCUT2D eigenvalue weighted by Gasteiger charge is 2.39. The average molecular weight is 322 g/mol. The van der Waals surface area contributed by atoms with Crippen molar-refractivity contribution in [2.75, 3.05) is 0 Å². The molecule has 2 aliphatic carbocycles. The summed E-state index contributed by atoms with van der Waals surface area (Å²) in [5.74, 6) is 2.16. The van der Waals surface area contributed by atoms with Crippen LogP contribution in [0.2, 0.25) is 0 Å². The fraction of sp³-hybridized carbons (Fsp3) is 0.421. The molecule has 0 aliphatic heterocycles. The molecule has 1 N–H and O–H groups in total. The molecule has 124 valence electrons. The summed E-state index contributed by atoms with van der Waals surface area (Å²) in [6.07, 6.45) is 9.27. The van der Waals surface area contributed by atoms with E-state index in [2.05, 4.69) is 39.8 Å². The molecule has 0 radical (unpaired) electrons. The van der Waals surface area contributed by atoms with E-state index in [1.807, 2.05) is 22.8 Å². The fourth-order valence-corrected chi connectivity index (χ4v) is 3.88. The lowest BCUT2D eigenvalue weighted by molar-refractivity contribution is -0.125. The van der Waals surface area contributed by atoms with Crippen molar-refractivity contribution in [2.45, 2.75) is 32.4 Å². The van der Waals surface area contributed by atoms with Gasteiger partial charge in [-0.15, -0.1) is 10.2 Å². The van der Waals surface area contributed by atoms with E-state index in [1.165, 1.54) is 5.56 Å². The van der Waals surface area contributed by atoms with E-state index < -0.39 is 0 Å². The van der Waals surface area contributed by atoms with Gasteiger partial charge in [-0.05, 0) is 36.7 Å². The van der Waals surface area contributed by atoms with Crippen LogP contribution in [0.3, 0.4) is 0 Å². The lowest BCUT2D eigenvalue weighted by atomic mass is 9.93. The molecular weight excluding hydrogens is 300 g/mol. The molecule has 1 heterocycles. The molecule has 1 aromatic carbocycles. The zero-order valence-electron chi connectivity index (χ0n) is 13.6. The van der Waals surface area contributed by atoms with Crippen LogP contribution < -0.4 is 5.32 Å². The SMILES string of the molecule is O=C(NCc1nncn1CCc1ccccc1)C1CC2C=CC1C2. The topological polar surface area (TPSA) is 59.8 Å². The van der Waals surface area contributed by atoms with Crippen LogP contribution in [0.1, 0.15) is 24.2 Å². The maximum Gasteiger partial charge on any atom is 0.224 e. The van der Waals surface area contributed by atoms with Gasteiger partial charge in [-0.1, -0.05) is 42.5 Å². The van der Waals surface area contributed by atoms with Crippen LogP contribution >= 0.6 is 0 Å². The quantitative estimate of drug-likeness (QED) is 0.831. The van der Waals surface area contributed by atoms with Crippen LogP contribution in [0.15, 0.2) is 48.8 Å². The molecule has 5 nitrogen and oxygen atoms in total. The number of carbonyl (C=O) groups is 1. The van der Waals surface area contributed by atoms with Gasteiger partial charge in [-0.3, -0.25) is 4.79 Å². The van der Waals surface area contributed by atoms with Crippen LogP contribution in [-0.2, 0) is 24.3 Å². The number of nitrogens with one attached hydrogen (secondary N) is 1. The second-order valence-electron chi connectivity index (χ2n) is 6.78. The van der Waals surface area contributed by atoms with Gasteiger partial charge in [-0.2, -0.15) is 0 Å². The average Bonchev–Trinajstić information content (AvgIpc) is 3.35. The minimum Gasteiger partial charge on any atom is -0.349 e. The van der Waals surface area contributed by atoms with Gasteiger partial charge in [-0.25, -0.2) is 0 Å². The third-order valence-electron chi connectivity index (χ3n) is 5.22. The summed E-state index contributed by atoms with van der Waals surface area (Å²) in [5.41, 5.74) is 1.29. The second kappa shape index (κ2) is 6.59. The van der Waals surface area contributed by atoms with Gasteiger partial charge < -0.3 is 9.88 Å². The molecule has 2 bridgehead atoms. The number of hydrogen-bond donors (Lipinski definition) is 1. The van der Waals surface area contributed by atoms with Crippen LogP contribution in [0.5, 0.6) is 0 Å². The second-order valence-corrected chi connectivity index (χ2v) is 6.78. The molecule has 1 saturated carbocycles. The molecule has 1 aromatic heterocycles. The van der Waals surface area contributed by atoms with E-state index >= 15 is 0 Å². The molecule has 1 fully saturated rings. The lowest BCUT2D eigenvalue weighted by Gasteiger charge is -2.17. The molecule has 0 saturated heterocycles. The molecule has 0 spiro atoms. The van der Waals surface area contributed by atoms with Crippen molar-refractivity contribution in [2.24, 2.45) is 17.8 Å². The van der Waals surface area contributed by atoms with E-state index in [4.69, 9.17) is 0 Å². The van der Waals surface area contributed by atoms with Gasteiger partial charge in [0, 0.05) is 12.5 Å². The number of allylic oxidation sites excluding steroid dienone is 2. The Labute approximate surface area is 141 Å². The minimum atomic E-state index is 0.140. The first-order valence-electron chi connectivity index (χ1n) is 8.66. The Hall–Kier alpha value is -2.43. The maximum atomic E-state index is 12.4. The van der Waals surface area contributed by atoms with Gasteiger partial charge in [0.25, 0.3) is 0 Å². The number of nitrogens with zero attached hydrogens (tertiary/aromatic N) is 3. The maximum absolute atomic E-state index is 12.4. The van der Waals surface area contributed by atoms with Gasteiger partial charge in [0.2, 0.25) is 5.91 Å². The zero-order chi connectivity index (χ0) is 16.4. The monoisotopic (exact) mass is 322 g/mol. The Morgan fingerprint density at radius 1 is 1.21 bits per heavy atom. The first-order chi connectivity index (χ1) is 11.8. The molecule has 1 amide bonds. The summed E-state index contributed by atoms with van der Waals surface area (Å²) >= 11 is 0. The number of benzene rings is 1. The first-order valence-corrected chi connectivity index (χ1v) is 8.66. The minimum absolute atomic E-state index is 0.140. The Balaban J connectivity index is 1.32. The van der Waals surface area contributed by atoms with Crippen molar-refractivity contribution >= 4 is 5.91 Å². The van der Waals surface area contributed by atoms with Crippen molar-refractivity contribution in [3.8, 4) is 0 Å². The van der Waals surface area contributed by atoms with Gasteiger partial charge in [0.15, 0.2) is 5.82 Å². The van der Waals surface area contributed by atoms with Crippen molar-refractivity contribution in [3.63, 3.8) is 0 Å². The summed E-state index contributed by atoms with van der Waals surface area (Å²) in [6.45, 7) is 1.27. The largest absolute Gasteiger partial charge is 0.349 e. The van der Waals surface area contributed by atoms with Crippen LogP contribution in [0.4, 0.5) is 0 Å². The van der Waals surface area contributed by atoms with Gasteiger partial charge in [0.1, 0.15) is 6.33 Å². The fourth-order valence-electron chi connectivity index (χ4n) is 3.88. The number of aromatic nitrogens is 3. The summed E-state index contributed by atoms with van der Waals surface area (Å²) in [7, 11) is 0. The van der Waals surface area contributed by atoms with E-state index in [0.717, 1.165) is 31.6 Å². The lowest BCUT2D eigenvalue weighted by Crippen LogP contribution is -2.33. The van der Waals surface area contributed by atoms with Crippen molar-refractivity contribution in [1.82, 2.24) is 20.1 Å². The number of amides is 1. The van der Waals surface area contributed by atoms with E-state index in [9.17, 15) is 4.79 Å². The first kappa shape index (κ1) is 15.1. The Bertz CT molecular complexity index is 737. The molecule has 3 unspecified atom stereocenters. The molecule has 24 heavy (non-hydrogen) atoms. The van der Waals surface area contributed by atoms with Crippen LogP contribution in [0, 0.1) is 17.8 Å². The number of fused-ring (bicyclic) bond motifs is 2. The third-order valence-corrected chi connectivity index (χ3v) is 5.22. The third kappa shape index (κ3) is 3.11. The van der Waals surface area contributed by atoms with Gasteiger partial charge >= 0.3 is 0 Å². The van der Waals surface area contributed by atoms with Crippen molar-refractivity contribution in [1.29, 1.82) is 0 Å². The summed E-state index contributed by atoms with van der Waals surface area (Å²) in [6, 6.07) is 10.4. The summed E-state index contributed by atoms with van der Waals surface area (Å²) in [5, 5.41) is 11.2. The van der Waals surface area contributed by atoms with E-state index in [0.29, 0.717) is 18.4 Å². The molecule has 2 aromatic rings. The van der Waals surface area contributed by atoms with Crippen LogP contribution in [-0.4, -0.2) is 20.7 Å². The summed E-state index contributed by atoms with van der Waals surface area (Å²) < 4.78 is 2.02.